The fourth-order valence-corrected chi connectivity index (χ4v) is 4.07. The van der Waals surface area contributed by atoms with Gasteiger partial charge >= 0.3 is 0 Å². The molecule has 2 heterocycles. The summed E-state index contributed by atoms with van der Waals surface area (Å²) in [4.78, 5) is 15.8. The number of ether oxygens (including phenoxy) is 1. The van der Waals surface area contributed by atoms with Gasteiger partial charge in [-0.25, -0.2) is 0 Å². The monoisotopic (exact) mass is 442 g/mol. The fraction of sp³-hybridized carbons (Fsp3) is 0.400. The van der Waals surface area contributed by atoms with E-state index in [9.17, 15) is 4.79 Å². The highest BCUT2D eigenvalue weighted by Gasteiger charge is 2.26. The second kappa shape index (κ2) is 9.43. The van der Waals surface area contributed by atoms with Gasteiger partial charge in [-0.1, -0.05) is 32.1 Å². The van der Waals surface area contributed by atoms with Gasteiger partial charge in [0.05, 0.1) is 10.8 Å². The molecule has 31 heavy (non-hydrogen) atoms. The smallest absolute Gasteiger partial charge is 0.200 e. The van der Waals surface area contributed by atoms with Crippen molar-refractivity contribution in [1.29, 1.82) is 0 Å². The van der Waals surface area contributed by atoms with Gasteiger partial charge in [0, 0.05) is 31.3 Å². The standard InChI is InChI=1S/C25H30N2O3.ClH/c1-5-27(6-2)14-13-26-16-19-17-11-12-25(3,4)30-21(17)15-22-23(19)24(28)18-9-7-8-10-20(18)29-22;/h7-12,15,26H,5-6,13-14,16H2,1-4H3;1H. The van der Waals surface area contributed by atoms with Gasteiger partial charge < -0.3 is 19.4 Å². The van der Waals surface area contributed by atoms with Crippen molar-refractivity contribution in [3.8, 4) is 5.75 Å². The molecule has 0 unspecified atom stereocenters. The summed E-state index contributed by atoms with van der Waals surface area (Å²) < 4.78 is 12.4. The SMILES string of the molecule is CCN(CC)CCNCc1c2c(cc3oc4ccccc4c(=O)c13)OC(C)(C)C=C2.Cl. The number of nitrogens with zero attached hydrogens (tertiary/aromatic N) is 1. The van der Waals surface area contributed by atoms with Gasteiger partial charge in [-0.2, -0.15) is 0 Å². The number of halogens is 1. The molecule has 0 atom stereocenters. The Morgan fingerprint density at radius 1 is 1.10 bits per heavy atom. The molecule has 1 aliphatic heterocycles. The molecule has 1 aromatic heterocycles. The minimum atomic E-state index is -0.398. The molecule has 4 rings (SSSR count). The summed E-state index contributed by atoms with van der Waals surface area (Å²) in [5.74, 6) is 0.758. The van der Waals surface area contributed by atoms with Gasteiger partial charge in [0.2, 0.25) is 5.43 Å². The highest BCUT2D eigenvalue weighted by atomic mass is 35.5. The van der Waals surface area contributed by atoms with Gasteiger partial charge in [-0.3, -0.25) is 4.79 Å². The van der Waals surface area contributed by atoms with Crippen LogP contribution >= 0.6 is 12.4 Å². The van der Waals surface area contributed by atoms with Gasteiger partial charge in [0.25, 0.3) is 0 Å². The first-order valence-corrected chi connectivity index (χ1v) is 10.8. The van der Waals surface area contributed by atoms with Crippen LogP contribution in [0, 0.1) is 0 Å². The zero-order valence-corrected chi connectivity index (χ0v) is 19.5. The Hall–Kier alpha value is -2.34. The first-order valence-electron chi connectivity index (χ1n) is 10.8. The van der Waals surface area contributed by atoms with Crippen molar-refractivity contribution >= 4 is 40.4 Å². The Kier molecular flexibility index (Phi) is 7.10. The van der Waals surface area contributed by atoms with E-state index in [-0.39, 0.29) is 17.8 Å². The van der Waals surface area contributed by atoms with Crippen LogP contribution in [0.1, 0.15) is 38.8 Å². The number of fused-ring (bicyclic) bond motifs is 3. The van der Waals surface area contributed by atoms with Crippen molar-refractivity contribution in [1.82, 2.24) is 10.2 Å². The molecule has 0 saturated carbocycles. The van der Waals surface area contributed by atoms with E-state index in [0.29, 0.717) is 28.5 Å². The summed E-state index contributed by atoms with van der Waals surface area (Å²) in [5, 5.41) is 4.77. The summed E-state index contributed by atoms with van der Waals surface area (Å²) in [6.45, 7) is 12.9. The topological polar surface area (TPSA) is 54.7 Å². The molecule has 166 valence electrons. The quantitative estimate of drug-likeness (QED) is 0.413. The van der Waals surface area contributed by atoms with Crippen molar-refractivity contribution in [3.63, 3.8) is 0 Å². The summed E-state index contributed by atoms with van der Waals surface area (Å²) >= 11 is 0. The predicted octanol–water partition coefficient (Wildman–Crippen LogP) is 4.98. The number of likely N-dealkylation sites (N-methyl/N-ethyl adjacent to an activating group) is 1. The van der Waals surface area contributed by atoms with Gasteiger partial charge in [0.15, 0.2) is 0 Å². The molecule has 0 bridgehead atoms. The lowest BCUT2D eigenvalue weighted by atomic mass is 9.95. The van der Waals surface area contributed by atoms with Crippen molar-refractivity contribution < 1.29 is 9.15 Å². The Morgan fingerprint density at radius 3 is 2.58 bits per heavy atom. The van der Waals surface area contributed by atoms with Crippen LogP contribution < -0.4 is 15.5 Å². The maximum absolute atomic E-state index is 13.4. The van der Waals surface area contributed by atoms with E-state index in [0.717, 1.165) is 43.1 Å². The Balaban J connectivity index is 0.00000272. The van der Waals surface area contributed by atoms with E-state index in [4.69, 9.17) is 9.15 Å². The Bertz CT molecular complexity index is 1160. The minimum Gasteiger partial charge on any atom is -0.483 e. The number of rotatable bonds is 7. The van der Waals surface area contributed by atoms with Crippen LogP contribution in [-0.4, -0.2) is 36.7 Å². The normalized spacial score (nSPS) is 14.5. The molecule has 5 nitrogen and oxygen atoms in total. The molecule has 6 heteroatoms. The molecule has 0 aliphatic carbocycles. The number of hydrogen-bond donors (Lipinski definition) is 1. The molecule has 0 amide bonds. The molecule has 0 radical (unpaired) electrons. The van der Waals surface area contributed by atoms with Crippen LogP contribution in [0.25, 0.3) is 28.0 Å². The summed E-state index contributed by atoms with van der Waals surface area (Å²) in [5.41, 5.74) is 2.68. The van der Waals surface area contributed by atoms with E-state index >= 15 is 0 Å². The van der Waals surface area contributed by atoms with E-state index in [1.807, 2.05) is 50.3 Å². The molecule has 1 aliphatic rings. The van der Waals surface area contributed by atoms with E-state index in [2.05, 4.69) is 30.1 Å². The van der Waals surface area contributed by atoms with E-state index in [1.54, 1.807) is 0 Å². The zero-order valence-electron chi connectivity index (χ0n) is 18.7. The highest BCUT2D eigenvalue weighted by molar-refractivity contribution is 5.95. The van der Waals surface area contributed by atoms with Gasteiger partial charge in [-0.05, 0) is 50.7 Å². The molecular formula is C25H31ClN2O3. The lowest BCUT2D eigenvalue weighted by Crippen LogP contribution is -2.32. The number of benzene rings is 2. The van der Waals surface area contributed by atoms with Crippen molar-refractivity contribution in [2.24, 2.45) is 0 Å². The maximum Gasteiger partial charge on any atom is 0.200 e. The van der Waals surface area contributed by atoms with Crippen LogP contribution in [-0.2, 0) is 6.54 Å². The summed E-state index contributed by atoms with van der Waals surface area (Å²) in [6.07, 6.45) is 4.12. The number of hydrogen-bond acceptors (Lipinski definition) is 5. The lowest BCUT2D eigenvalue weighted by Gasteiger charge is -2.29. The summed E-state index contributed by atoms with van der Waals surface area (Å²) in [7, 11) is 0. The third-order valence-corrected chi connectivity index (χ3v) is 5.80. The number of para-hydroxylation sites is 1. The molecule has 0 spiro atoms. The van der Waals surface area contributed by atoms with Gasteiger partial charge in [0.1, 0.15) is 22.5 Å². The van der Waals surface area contributed by atoms with Crippen LogP contribution in [0.4, 0.5) is 0 Å². The van der Waals surface area contributed by atoms with Crippen LogP contribution in [0.15, 0.2) is 45.6 Å². The third-order valence-electron chi connectivity index (χ3n) is 5.80. The highest BCUT2D eigenvalue weighted by Crippen LogP contribution is 2.37. The van der Waals surface area contributed by atoms with E-state index < -0.39 is 5.60 Å². The first kappa shape index (κ1) is 23.3. The molecule has 2 aromatic carbocycles. The molecule has 0 fully saturated rings. The fourth-order valence-electron chi connectivity index (χ4n) is 4.07. The second-order valence-electron chi connectivity index (χ2n) is 8.31. The van der Waals surface area contributed by atoms with Gasteiger partial charge in [-0.15, -0.1) is 12.4 Å². The largest absolute Gasteiger partial charge is 0.483 e. The summed E-state index contributed by atoms with van der Waals surface area (Å²) in [6, 6.07) is 9.28. The molecular weight excluding hydrogens is 412 g/mol. The average molecular weight is 443 g/mol. The minimum absolute atomic E-state index is 0. The number of nitrogens with one attached hydrogen (secondary N) is 1. The molecule has 3 aromatic rings. The predicted molar refractivity (Wildman–Crippen MR) is 130 cm³/mol. The van der Waals surface area contributed by atoms with Crippen LogP contribution in [0.5, 0.6) is 5.75 Å². The zero-order chi connectivity index (χ0) is 21.3. The molecule has 0 saturated heterocycles. The van der Waals surface area contributed by atoms with Crippen LogP contribution in [0.2, 0.25) is 0 Å². The average Bonchev–Trinajstić information content (AvgIpc) is 2.72. The van der Waals surface area contributed by atoms with E-state index in [1.165, 1.54) is 0 Å². The van der Waals surface area contributed by atoms with Crippen molar-refractivity contribution in [3.05, 3.63) is 57.8 Å². The van der Waals surface area contributed by atoms with Crippen molar-refractivity contribution in [2.45, 2.75) is 39.8 Å². The molecule has 1 N–H and O–H groups in total. The van der Waals surface area contributed by atoms with Crippen molar-refractivity contribution in [2.75, 3.05) is 26.2 Å². The first-order chi connectivity index (χ1) is 14.4. The Morgan fingerprint density at radius 2 is 1.84 bits per heavy atom. The Labute approximate surface area is 189 Å². The third kappa shape index (κ3) is 4.64. The maximum atomic E-state index is 13.4. The second-order valence-corrected chi connectivity index (χ2v) is 8.31. The lowest BCUT2D eigenvalue weighted by molar-refractivity contribution is 0.159. The van der Waals surface area contributed by atoms with Crippen LogP contribution in [0.3, 0.4) is 0 Å².